The van der Waals surface area contributed by atoms with Gasteiger partial charge in [-0.15, -0.1) is 0 Å². The molecule has 1 aliphatic heterocycles. The van der Waals surface area contributed by atoms with Crippen LogP contribution in [0.2, 0.25) is 5.02 Å². The standard InChI is InChI=1S/C33H35ClN4O11S/c1-22(39)47-17-18-48-24-13-14-25(26(34)19-24)31(41)36-21-30(40)35(20-23-9-5-6-10-27(23)36)15-16-37(32(42)49-33(2,3)4)50(45,46)29-12-8-7-11-28(29)38(43)44/h5-14,19H,15-18,20-21H2,1-4H3. The second-order valence-corrected chi connectivity index (χ2v) is 14.2. The molecule has 0 aromatic heterocycles. The van der Waals surface area contributed by atoms with E-state index in [-0.39, 0.29) is 36.9 Å². The fourth-order valence-corrected chi connectivity index (χ4v) is 6.64. The molecule has 0 spiro atoms. The molecule has 15 nitrogen and oxygen atoms in total. The molecule has 17 heteroatoms. The van der Waals surface area contributed by atoms with Crippen LogP contribution < -0.4 is 9.64 Å². The molecule has 0 unspecified atom stereocenters. The predicted molar refractivity (Wildman–Crippen MR) is 180 cm³/mol. The van der Waals surface area contributed by atoms with E-state index in [2.05, 4.69) is 0 Å². The summed E-state index contributed by atoms with van der Waals surface area (Å²) >= 11 is 6.47. The van der Waals surface area contributed by atoms with Crippen LogP contribution in [0.4, 0.5) is 16.2 Å². The Bertz CT molecular complexity index is 1910. The predicted octanol–water partition coefficient (Wildman–Crippen LogP) is 4.81. The number of nitrogens with zero attached hydrogens (tertiary/aromatic N) is 4. The highest BCUT2D eigenvalue weighted by Crippen LogP contribution is 2.31. The normalized spacial score (nSPS) is 13.2. The average Bonchev–Trinajstić information content (AvgIpc) is 3.18. The van der Waals surface area contributed by atoms with E-state index in [1.807, 2.05) is 0 Å². The van der Waals surface area contributed by atoms with Gasteiger partial charge in [-0.25, -0.2) is 13.2 Å². The summed E-state index contributed by atoms with van der Waals surface area (Å²) in [7, 11) is -4.85. The van der Waals surface area contributed by atoms with E-state index in [9.17, 15) is 37.7 Å². The number of benzene rings is 3. The Kier molecular flexibility index (Phi) is 11.7. The number of hydrogen-bond donors (Lipinski definition) is 0. The van der Waals surface area contributed by atoms with Crippen LogP contribution in [0.5, 0.6) is 5.75 Å². The number of esters is 1. The van der Waals surface area contributed by atoms with Crippen LogP contribution in [0.1, 0.15) is 43.6 Å². The zero-order valence-corrected chi connectivity index (χ0v) is 29.2. The first-order valence-electron chi connectivity index (χ1n) is 15.2. The molecule has 0 bridgehead atoms. The second-order valence-electron chi connectivity index (χ2n) is 11.9. The molecule has 0 fully saturated rings. The molecule has 3 amide bonds. The maximum atomic E-state index is 13.9. The molecule has 0 saturated heterocycles. The SMILES string of the molecule is CC(=O)OCCOc1ccc(C(=O)N2CC(=O)N(CCN(C(=O)OC(C)(C)C)S(=O)(=O)c3ccccc3[N+](=O)[O-])Cc3ccccc32)c(Cl)c1. The largest absolute Gasteiger partial charge is 0.490 e. The summed E-state index contributed by atoms with van der Waals surface area (Å²) < 4.78 is 43.6. The maximum Gasteiger partial charge on any atom is 0.424 e. The van der Waals surface area contributed by atoms with Crippen molar-refractivity contribution < 1.29 is 46.7 Å². The molecule has 0 N–H and O–H groups in total. The number of carbonyl (C=O) groups is 4. The van der Waals surface area contributed by atoms with E-state index in [1.54, 1.807) is 24.3 Å². The summed E-state index contributed by atoms with van der Waals surface area (Å²) in [5, 5.41) is 11.7. The highest BCUT2D eigenvalue weighted by Gasteiger charge is 2.38. The molecule has 0 aliphatic carbocycles. The van der Waals surface area contributed by atoms with E-state index < -0.39 is 68.1 Å². The molecule has 1 aliphatic rings. The molecular weight excluding hydrogens is 696 g/mol. The number of para-hydroxylation sites is 2. The van der Waals surface area contributed by atoms with Gasteiger partial charge in [-0.3, -0.25) is 29.4 Å². The smallest absolute Gasteiger partial charge is 0.424 e. The zero-order valence-electron chi connectivity index (χ0n) is 27.7. The summed E-state index contributed by atoms with van der Waals surface area (Å²) in [4.78, 5) is 64.4. The minimum Gasteiger partial charge on any atom is -0.490 e. The van der Waals surface area contributed by atoms with Crippen LogP contribution in [-0.4, -0.2) is 84.9 Å². The third-order valence-corrected chi connectivity index (χ3v) is 9.29. The molecule has 0 atom stereocenters. The zero-order chi connectivity index (χ0) is 36.8. The number of ether oxygens (including phenoxy) is 3. The molecule has 3 aromatic rings. The van der Waals surface area contributed by atoms with Crippen molar-refractivity contribution in [2.75, 3.05) is 37.7 Å². The van der Waals surface area contributed by atoms with Gasteiger partial charge in [0, 0.05) is 31.8 Å². The number of nitro benzene ring substituents is 1. The van der Waals surface area contributed by atoms with E-state index in [0.717, 1.165) is 12.1 Å². The van der Waals surface area contributed by atoms with Crippen molar-refractivity contribution >= 4 is 56.9 Å². The summed E-state index contributed by atoms with van der Waals surface area (Å²) in [6.45, 7) is 4.45. The Labute approximate surface area is 293 Å². The third kappa shape index (κ3) is 9.06. The number of rotatable bonds is 11. The Hall–Kier alpha value is -5.22. The first kappa shape index (κ1) is 37.6. The minimum absolute atomic E-state index is 0.0183. The summed E-state index contributed by atoms with van der Waals surface area (Å²) in [5.41, 5.74) is -0.848. The van der Waals surface area contributed by atoms with E-state index in [0.29, 0.717) is 21.3 Å². The van der Waals surface area contributed by atoms with E-state index in [4.69, 9.17) is 25.8 Å². The lowest BCUT2D eigenvalue weighted by Crippen LogP contribution is -2.47. The molecule has 0 radical (unpaired) electrons. The van der Waals surface area contributed by atoms with Crippen molar-refractivity contribution in [2.45, 2.75) is 44.7 Å². The van der Waals surface area contributed by atoms with Crippen molar-refractivity contribution in [3.8, 4) is 5.75 Å². The first-order valence-corrected chi connectivity index (χ1v) is 17.0. The molecule has 3 aromatic carbocycles. The van der Waals surface area contributed by atoms with Crippen LogP contribution >= 0.6 is 11.6 Å². The number of anilines is 1. The van der Waals surface area contributed by atoms with Gasteiger partial charge in [0.25, 0.3) is 21.6 Å². The summed E-state index contributed by atoms with van der Waals surface area (Å²) in [6.07, 6.45) is -1.29. The summed E-state index contributed by atoms with van der Waals surface area (Å²) in [6, 6.07) is 15.7. The Morgan fingerprint density at radius 2 is 1.68 bits per heavy atom. The fraction of sp³-hybridized carbons (Fsp3) is 0.333. The number of nitro groups is 1. The number of sulfonamides is 1. The van der Waals surface area contributed by atoms with Crippen molar-refractivity contribution in [1.29, 1.82) is 0 Å². The van der Waals surface area contributed by atoms with Crippen LogP contribution in [0.25, 0.3) is 0 Å². The molecule has 1 heterocycles. The van der Waals surface area contributed by atoms with Gasteiger partial charge < -0.3 is 19.1 Å². The maximum absolute atomic E-state index is 13.9. The van der Waals surface area contributed by atoms with Gasteiger partial charge in [-0.2, -0.15) is 4.31 Å². The molecule has 4 rings (SSSR count). The van der Waals surface area contributed by atoms with Gasteiger partial charge in [0.15, 0.2) is 4.90 Å². The van der Waals surface area contributed by atoms with Crippen LogP contribution in [0, 0.1) is 10.1 Å². The number of hydrogen-bond acceptors (Lipinski definition) is 11. The molecule has 266 valence electrons. The van der Waals surface area contributed by atoms with Gasteiger partial charge in [0.2, 0.25) is 5.91 Å². The third-order valence-electron chi connectivity index (χ3n) is 7.16. The Morgan fingerprint density at radius 3 is 2.34 bits per heavy atom. The van der Waals surface area contributed by atoms with Gasteiger partial charge >= 0.3 is 12.1 Å². The number of halogens is 1. The van der Waals surface area contributed by atoms with Crippen molar-refractivity contribution in [2.24, 2.45) is 0 Å². The topological polar surface area (TPSA) is 183 Å². The highest BCUT2D eigenvalue weighted by molar-refractivity contribution is 7.89. The Balaban J connectivity index is 1.60. The van der Waals surface area contributed by atoms with Gasteiger partial charge in [-0.1, -0.05) is 41.9 Å². The minimum atomic E-state index is -4.85. The highest BCUT2D eigenvalue weighted by atomic mass is 35.5. The lowest BCUT2D eigenvalue weighted by Gasteiger charge is -2.29. The lowest BCUT2D eigenvalue weighted by atomic mass is 10.1. The van der Waals surface area contributed by atoms with Crippen molar-refractivity contribution in [3.05, 3.63) is 93.0 Å². The number of amides is 3. The van der Waals surface area contributed by atoms with E-state index >= 15 is 0 Å². The lowest BCUT2D eigenvalue weighted by molar-refractivity contribution is -0.387. The number of carbonyl (C=O) groups excluding carboxylic acids is 4. The van der Waals surface area contributed by atoms with Gasteiger partial charge in [0.1, 0.15) is 31.1 Å². The van der Waals surface area contributed by atoms with Crippen molar-refractivity contribution in [1.82, 2.24) is 9.21 Å². The number of fused-ring (bicyclic) bond motifs is 1. The van der Waals surface area contributed by atoms with Gasteiger partial charge in [-0.05, 0) is 56.7 Å². The van der Waals surface area contributed by atoms with Crippen LogP contribution in [0.15, 0.2) is 71.6 Å². The molecular formula is C33H35ClN4O11S. The quantitative estimate of drug-likeness (QED) is 0.114. The van der Waals surface area contributed by atoms with Crippen LogP contribution in [0.3, 0.4) is 0 Å². The second kappa shape index (κ2) is 15.6. The first-order chi connectivity index (χ1) is 23.5. The van der Waals surface area contributed by atoms with E-state index in [1.165, 1.54) is 67.8 Å². The van der Waals surface area contributed by atoms with Gasteiger partial charge in [0.05, 0.1) is 22.1 Å². The average molecular weight is 731 g/mol. The molecule has 0 saturated carbocycles. The fourth-order valence-electron chi connectivity index (χ4n) is 4.94. The van der Waals surface area contributed by atoms with Crippen molar-refractivity contribution in [3.63, 3.8) is 0 Å². The molecule has 50 heavy (non-hydrogen) atoms. The Morgan fingerprint density at radius 1 is 1.00 bits per heavy atom. The monoisotopic (exact) mass is 730 g/mol. The summed E-state index contributed by atoms with van der Waals surface area (Å²) in [5.74, 6) is -1.31. The van der Waals surface area contributed by atoms with Crippen LogP contribution in [-0.2, 0) is 35.6 Å².